The molecule has 1 amide bonds. The molecule has 1 unspecified atom stereocenters. The number of ether oxygens (including phenoxy) is 2. The van der Waals surface area contributed by atoms with E-state index in [-0.39, 0.29) is 11.9 Å². The van der Waals surface area contributed by atoms with Crippen LogP contribution >= 0.6 is 0 Å². The number of hydrogen-bond donors (Lipinski definition) is 1. The summed E-state index contributed by atoms with van der Waals surface area (Å²) in [5.41, 5.74) is 1.69. The monoisotopic (exact) mass is 353 g/mol. The van der Waals surface area contributed by atoms with E-state index in [2.05, 4.69) is 12.2 Å². The zero-order valence-corrected chi connectivity index (χ0v) is 15.4. The fourth-order valence-corrected chi connectivity index (χ4v) is 3.15. The van der Waals surface area contributed by atoms with Crippen molar-refractivity contribution in [3.8, 4) is 11.5 Å². The minimum atomic E-state index is -0.0683. The zero-order valence-electron chi connectivity index (χ0n) is 15.4. The van der Waals surface area contributed by atoms with Gasteiger partial charge in [-0.25, -0.2) is 0 Å². The summed E-state index contributed by atoms with van der Waals surface area (Å²) in [6.07, 6.45) is 5.52. The first-order valence-corrected chi connectivity index (χ1v) is 9.53. The third-order valence-electron chi connectivity index (χ3n) is 4.65. The first-order chi connectivity index (χ1) is 12.8. The third-order valence-corrected chi connectivity index (χ3v) is 4.65. The predicted molar refractivity (Wildman–Crippen MR) is 103 cm³/mol. The van der Waals surface area contributed by atoms with Gasteiger partial charge in [0.1, 0.15) is 11.5 Å². The van der Waals surface area contributed by atoms with Gasteiger partial charge in [0.25, 0.3) is 5.91 Å². The molecule has 138 valence electrons. The van der Waals surface area contributed by atoms with E-state index in [1.165, 1.54) is 19.3 Å². The molecule has 4 heteroatoms. The molecule has 2 aromatic rings. The molecule has 4 nitrogen and oxygen atoms in total. The standard InChI is InChI=1S/C22H27NO3/c1-2-3-4-7-15-25-18-12-10-17(11-13-18)22(24)23-20-14-16-26-21-9-6-5-8-19(20)21/h5-6,8-13,20H,2-4,7,14-16H2,1H3,(H,23,24). The molecular formula is C22H27NO3. The second-order valence-electron chi connectivity index (χ2n) is 6.63. The molecule has 1 heterocycles. The van der Waals surface area contributed by atoms with Crippen molar-refractivity contribution in [3.63, 3.8) is 0 Å². The summed E-state index contributed by atoms with van der Waals surface area (Å²) in [4.78, 5) is 12.6. The van der Waals surface area contributed by atoms with Crippen LogP contribution in [0.25, 0.3) is 0 Å². The van der Waals surface area contributed by atoms with Crippen LogP contribution in [0.3, 0.4) is 0 Å². The second-order valence-corrected chi connectivity index (χ2v) is 6.63. The van der Waals surface area contributed by atoms with Gasteiger partial charge in [0.15, 0.2) is 0 Å². The summed E-state index contributed by atoms with van der Waals surface area (Å²) >= 11 is 0. The van der Waals surface area contributed by atoms with Crippen molar-refractivity contribution in [1.82, 2.24) is 5.32 Å². The predicted octanol–water partition coefficient (Wildman–Crippen LogP) is 4.90. The Morgan fingerprint density at radius 1 is 1.12 bits per heavy atom. The van der Waals surface area contributed by atoms with Crippen LogP contribution in [0.4, 0.5) is 0 Å². The summed E-state index contributed by atoms with van der Waals surface area (Å²) in [7, 11) is 0. The van der Waals surface area contributed by atoms with Crippen molar-refractivity contribution in [1.29, 1.82) is 0 Å². The molecule has 0 aliphatic carbocycles. The van der Waals surface area contributed by atoms with Gasteiger partial charge in [0.2, 0.25) is 0 Å². The molecule has 0 radical (unpaired) electrons. The Bertz CT molecular complexity index is 712. The van der Waals surface area contributed by atoms with Crippen LogP contribution in [0.5, 0.6) is 11.5 Å². The molecule has 1 aliphatic heterocycles. The van der Waals surface area contributed by atoms with E-state index in [0.717, 1.165) is 36.5 Å². The van der Waals surface area contributed by atoms with Crippen LogP contribution in [-0.2, 0) is 0 Å². The fraction of sp³-hybridized carbons (Fsp3) is 0.409. The van der Waals surface area contributed by atoms with Gasteiger partial charge in [-0.05, 0) is 36.8 Å². The first-order valence-electron chi connectivity index (χ1n) is 9.53. The quantitative estimate of drug-likeness (QED) is 0.687. The Hall–Kier alpha value is -2.49. The Labute approximate surface area is 155 Å². The van der Waals surface area contributed by atoms with E-state index in [4.69, 9.17) is 9.47 Å². The molecule has 0 saturated carbocycles. The lowest BCUT2D eigenvalue weighted by atomic mass is 10.00. The molecule has 0 spiro atoms. The van der Waals surface area contributed by atoms with Gasteiger partial charge in [0.05, 0.1) is 19.3 Å². The SMILES string of the molecule is CCCCCCOc1ccc(C(=O)NC2CCOc3ccccc32)cc1. The Kier molecular flexibility index (Phi) is 6.53. The highest BCUT2D eigenvalue weighted by molar-refractivity contribution is 5.94. The number of amides is 1. The number of para-hydroxylation sites is 1. The van der Waals surface area contributed by atoms with Crippen molar-refractivity contribution in [2.45, 2.75) is 45.1 Å². The van der Waals surface area contributed by atoms with Gasteiger partial charge < -0.3 is 14.8 Å². The lowest BCUT2D eigenvalue weighted by molar-refractivity contribution is 0.0925. The molecule has 0 saturated heterocycles. The number of unbranched alkanes of at least 4 members (excludes halogenated alkanes) is 3. The van der Waals surface area contributed by atoms with Gasteiger partial charge in [-0.15, -0.1) is 0 Å². The lowest BCUT2D eigenvalue weighted by Gasteiger charge is -2.26. The van der Waals surface area contributed by atoms with Crippen molar-refractivity contribution in [2.75, 3.05) is 13.2 Å². The minimum Gasteiger partial charge on any atom is -0.494 e. The smallest absolute Gasteiger partial charge is 0.251 e. The molecule has 1 atom stereocenters. The van der Waals surface area contributed by atoms with Gasteiger partial charge >= 0.3 is 0 Å². The van der Waals surface area contributed by atoms with E-state index >= 15 is 0 Å². The van der Waals surface area contributed by atoms with Crippen LogP contribution < -0.4 is 14.8 Å². The lowest BCUT2D eigenvalue weighted by Crippen LogP contribution is -2.32. The van der Waals surface area contributed by atoms with E-state index in [0.29, 0.717) is 12.2 Å². The molecule has 0 bridgehead atoms. The number of fused-ring (bicyclic) bond motifs is 1. The van der Waals surface area contributed by atoms with Gasteiger partial charge in [0, 0.05) is 17.5 Å². The first kappa shape index (κ1) is 18.3. The van der Waals surface area contributed by atoms with Crippen molar-refractivity contribution in [2.24, 2.45) is 0 Å². The number of benzene rings is 2. The molecule has 1 N–H and O–H groups in total. The van der Waals surface area contributed by atoms with E-state index < -0.39 is 0 Å². The largest absolute Gasteiger partial charge is 0.494 e. The van der Waals surface area contributed by atoms with E-state index in [1.54, 1.807) is 0 Å². The van der Waals surface area contributed by atoms with E-state index in [9.17, 15) is 4.79 Å². The Morgan fingerprint density at radius 2 is 1.92 bits per heavy atom. The number of rotatable bonds is 8. The van der Waals surface area contributed by atoms with Gasteiger partial charge in [-0.3, -0.25) is 4.79 Å². The zero-order chi connectivity index (χ0) is 18.2. The highest BCUT2D eigenvalue weighted by atomic mass is 16.5. The molecule has 1 aliphatic rings. The Morgan fingerprint density at radius 3 is 2.73 bits per heavy atom. The maximum atomic E-state index is 12.6. The maximum Gasteiger partial charge on any atom is 0.251 e. The molecule has 26 heavy (non-hydrogen) atoms. The molecule has 2 aromatic carbocycles. The summed E-state index contributed by atoms with van der Waals surface area (Å²) in [5, 5.41) is 3.12. The fourth-order valence-electron chi connectivity index (χ4n) is 3.15. The number of carbonyl (C=O) groups excluding carboxylic acids is 1. The van der Waals surface area contributed by atoms with Crippen LogP contribution in [0.15, 0.2) is 48.5 Å². The second kappa shape index (κ2) is 9.27. The van der Waals surface area contributed by atoms with Crippen LogP contribution in [0.1, 0.15) is 61.0 Å². The van der Waals surface area contributed by atoms with E-state index in [1.807, 2.05) is 48.5 Å². The molecule has 0 fully saturated rings. The summed E-state index contributed by atoms with van der Waals surface area (Å²) in [6.45, 7) is 3.54. The van der Waals surface area contributed by atoms with Crippen molar-refractivity contribution < 1.29 is 14.3 Å². The molecular weight excluding hydrogens is 326 g/mol. The molecule has 3 rings (SSSR count). The average Bonchev–Trinajstić information content (AvgIpc) is 2.68. The van der Waals surface area contributed by atoms with Crippen LogP contribution in [-0.4, -0.2) is 19.1 Å². The maximum absolute atomic E-state index is 12.6. The minimum absolute atomic E-state index is 0.0121. The highest BCUT2D eigenvalue weighted by Gasteiger charge is 2.22. The summed E-state index contributed by atoms with van der Waals surface area (Å²) in [6, 6.07) is 15.2. The van der Waals surface area contributed by atoms with Crippen LogP contribution in [0.2, 0.25) is 0 Å². The number of nitrogens with one attached hydrogen (secondary N) is 1. The average molecular weight is 353 g/mol. The topological polar surface area (TPSA) is 47.6 Å². The Balaban J connectivity index is 1.54. The normalized spacial score (nSPS) is 15.7. The van der Waals surface area contributed by atoms with Gasteiger partial charge in [-0.1, -0.05) is 44.4 Å². The summed E-state index contributed by atoms with van der Waals surface area (Å²) in [5.74, 6) is 1.60. The number of carbonyl (C=O) groups is 1. The summed E-state index contributed by atoms with van der Waals surface area (Å²) < 4.78 is 11.4. The van der Waals surface area contributed by atoms with Crippen molar-refractivity contribution in [3.05, 3.63) is 59.7 Å². The highest BCUT2D eigenvalue weighted by Crippen LogP contribution is 2.31. The molecule has 0 aromatic heterocycles. The van der Waals surface area contributed by atoms with Crippen molar-refractivity contribution >= 4 is 5.91 Å². The van der Waals surface area contributed by atoms with Gasteiger partial charge in [-0.2, -0.15) is 0 Å². The third kappa shape index (κ3) is 4.78. The van der Waals surface area contributed by atoms with Crippen LogP contribution in [0, 0.1) is 0 Å². The number of hydrogen-bond acceptors (Lipinski definition) is 3.